The number of esters is 1. The van der Waals surface area contributed by atoms with Crippen molar-refractivity contribution in [2.75, 3.05) is 18.9 Å². The predicted octanol–water partition coefficient (Wildman–Crippen LogP) is 1.22. The van der Waals surface area contributed by atoms with E-state index < -0.39 is 43.7 Å². The van der Waals surface area contributed by atoms with Gasteiger partial charge in [0.05, 0.1) is 18.4 Å². The minimum Gasteiger partial charge on any atom is -0.462 e. The van der Waals surface area contributed by atoms with Crippen LogP contribution in [0.3, 0.4) is 0 Å². The summed E-state index contributed by atoms with van der Waals surface area (Å²) in [7, 11) is -4.09. The third-order valence-electron chi connectivity index (χ3n) is 5.33. The molecule has 172 valence electrons. The molecule has 0 amide bonds. The van der Waals surface area contributed by atoms with Gasteiger partial charge in [-0.15, -0.1) is 0 Å². The largest absolute Gasteiger partial charge is 0.462 e. The van der Waals surface area contributed by atoms with E-state index in [-0.39, 0.29) is 24.2 Å². The zero-order valence-corrected chi connectivity index (χ0v) is 18.4. The van der Waals surface area contributed by atoms with E-state index in [2.05, 4.69) is 15.2 Å². The second kappa shape index (κ2) is 7.75. The Morgan fingerprint density at radius 3 is 3.00 bits per heavy atom. The van der Waals surface area contributed by atoms with Gasteiger partial charge in [0, 0.05) is 0 Å². The molecule has 2 saturated heterocycles. The number of ether oxygens (including phenoxy) is 2. The molecule has 5 atom stereocenters. The van der Waals surface area contributed by atoms with E-state index in [1.54, 1.807) is 13.8 Å². The van der Waals surface area contributed by atoms with Crippen LogP contribution in [-0.4, -0.2) is 57.7 Å². The van der Waals surface area contributed by atoms with Crippen LogP contribution in [0.5, 0.6) is 0 Å². The highest BCUT2D eigenvalue weighted by Crippen LogP contribution is 2.59. The number of alkyl halides is 1. The van der Waals surface area contributed by atoms with Gasteiger partial charge in [-0.3, -0.25) is 13.8 Å². The molecule has 2 fully saturated rings. The number of nitrogens with one attached hydrogen (secondary N) is 1. The Morgan fingerprint density at radius 1 is 1.56 bits per heavy atom. The predicted molar refractivity (Wildman–Crippen MR) is 107 cm³/mol. The molecule has 2 aromatic rings. The third kappa shape index (κ3) is 3.44. The molecular weight excluding hydrogens is 446 g/mol. The van der Waals surface area contributed by atoms with Crippen LogP contribution < -0.4 is 10.8 Å². The van der Waals surface area contributed by atoms with Crippen molar-refractivity contribution in [3.05, 3.63) is 24.2 Å². The number of nitrogens with zero attached hydrogens (tertiary/aromatic N) is 4. The maximum atomic E-state index is 16.3. The zero-order chi connectivity index (χ0) is 23.3. The molecule has 4 heterocycles. The molecule has 12 nitrogen and oxygen atoms in total. The summed E-state index contributed by atoms with van der Waals surface area (Å²) in [6.07, 6.45) is -1.70. The molecule has 0 radical (unpaired) electrons. The fourth-order valence-corrected chi connectivity index (χ4v) is 5.39. The molecule has 0 aromatic carbocycles. The summed E-state index contributed by atoms with van der Waals surface area (Å²) < 4.78 is 52.1. The Balaban J connectivity index is 1.64. The van der Waals surface area contributed by atoms with E-state index in [4.69, 9.17) is 24.3 Å². The number of anilines is 1. The molecule has 2 aliphatic rings. The number of hydrogen-bond acceptors (Lipinski definition) is 10. The van der Waals surface area contributed by atoms with Crippen molar-refractivity contribution < 1.29 is 32.3 Å². The number of nitriles is 1. The van der Waals surface area contributed by atoms with Crippen molar-refractivity contribution in [1.29, 1.82) is 5.26 Å². The molecule has 4 rings (SSSR count). The first-order valence-corrected chi connectivity index (χ1v) is 11.3. The highest BCUT2D eigenvalue weighted by atomic mass is 31.2. The smallest absolute Gasteiger partial charge is 0.406 e. The number of fused-ring (bicyclic) bond motifs is 2. The summed E-state index contributed by atoms with van der Waals surface area (Å²) in [5.74, 6) is -0.546. The van der Waals surface area contributed by atoms with Crippen LogP contribution in [0.25, 0.3) is 5.52 Å². The Kier molecular flexibility index (Phi) is 5.47. The summed E-state index contributed by atoms with van der Waals surface area (Å²) in [5, 5.41) is 16.5. The molecule has 5 unspecified atom stereocenters. The second-order valence-electron chi connectivity index (χ2n) is 7.88. The highest BCUT2D eigenvalue weighted by Gasteiger charge is 2.70. The normalized spacial score (nSPS) is 34.4. The standard InChI is InChI=1S/C18H22FN6O6P/c1-10(2)29-14(26)6-24-32(27)28-7-12-15(31-32)17(3,19)18(8-20,30-12)13-5-4-11-16(21)22-9-23-25(11)13/h4-5,9-10,12,15H,6-7H2,1-3H3,(H,24,27)(H2,21,22,23). The molecule has 2 aromatic heterocycles. The fraction of sp³-hybridized carbons (Fsp3) is 0.556. The third-order valence-corrected chi connectivity index (χ3v) is 6.87. The van der Waals surface area contributed by atoms with Gasteiger partial charge in [0.1, 0.15) is 36.7 Å². The minimum absolute atomic E-state index is 0.0652. The lowest BCUT2D eigenvalue weighted by Gasteiger charge is -2.35. The van der Waals surface area contributed by atoms with E-state index in [1.165, 1.54) is 23.0 Å². The molecule has 0 saturated carbocycles. The van der Waals surface area contributed by atoms with Gasteiger partial charge >= 0.3 is 13.7 Å². The molecule has 14 heteroatoms. The van der Waals surface area contributed by atoms with Gasteiger partial charge in [0.2, 0.25) is 5.60 Å². The van der Waals surface area contributed by atoms with Crippen molar-refractivity contribution in [2.45, 2.75) is 50.4 Å². The first-order valence-electron chi connectivity index (χ1n) is 9.77. The summed E-state index contributed by atoms with van der Waals surface area (Å²) in [5.41, 5.74) is 1.61. The molecule has 0 spiro atoms. The number of halogens is 1. The number of hydrogen-bond donors (Lipinski definition) is 2. The number of aromatic nitrogens is 3. The van der Waals surface area contributed by atoms with Gasteiger partial charge < -0.3 is 15.2 Å². The van der Waals surface area contributed by atoms with Crippen LogP contribution in [0.1, 0.15) is 26.5 Å². The molecule has 0 aliphatic carbocycles. The average molecular weight is 468 g/mol. The molecule has 0 bridgehead atoms. The quantitative estimate of drug-likeness (QED) is 0.479. The van der Waals surface area contributed by atoms with E-state index in [9.17, 15) is 14.6 Å². The van der Waals surface area contributed by atoms with E-state index in [0.717, 1.165) is 6.92 Å². The van der Waals surface area contributed by atoms with Crippen LogP contribution in [0, 0.1) is 11.3 Å². The van der Waals surface area contributed by atoms with Crippen LogP contribution >= 0.6 is 7.75 Å². The van der Waals surface area contributed by atoms with Gasteiger partial charge in [-0.05, 0) is 32.9 Å². The zero-order valence-electron chi connectivity index (χ0n) is 17.5. The monoisotopic (exact) mass is 468 g/mol. The van der Waals surface area contributed by atoms with E-state index in [1.807, 2.05) is 6.07 Å². The van der Waals surface area contributed by atoms with Gasteiger partial charge in [0.25, 0.3) is 0 Å². The Hall–Kier alpha value is -2.62. The lowest BCUT2D eigenvalue weighted by atomic mass is 9.82. The molecule has 32 heavy (non-hydrogen) atoms. The number of nitrogens with two attached hydrogens (primary N) is 1. The maximum Gasteiger partial charge on any atom is 0.406 e. The Bertz CT molecular complexity index is 1150. The average Bonchev–Trinajstić information content (AvgIpc) is 3.25. The summed E-state index contributed by atoms with van der Waals surface area (Å²) in [4.78, 5) is 15.6. The summed E-state index contributed by atoms with van der Waals surface area (Å²) in [6, 6.07) is 4.89. The number of carbonyl (C=O) groups excluding carboxylic acids is 1. The Morgan fingerprint density at radius 2 is 2.31 bits per heavy atom. The summed E-state index contributed by atoms with van der Waals surface area (Å²) in [6.45, 7) is 3.63. The molecule has 2 aliphatic heterocycles. The SMILES string of the molecule is CC(C)OC(=O)CNP1(=O)OCC2OC(C#N)(c3ccc4c(N)ncnn34)C(C)(F)C2O1. The fourth-order valence-electron chi connectivity index (χ4n) is 3.87. The van der Waals surface area contributed by atoms with Crippen LogP contribution in [0.15, 0.2) is 18.5 Å². The maximum absolute atomic E-state index is 16.3. The second-order valence-corrected chi connectivity index (χ2v) is 9.66. The van der Waals surface area contributed by atoms with Crippen LogP contribution in [0.4, 0.5) is 10.2 Å². The number of carbonyl (C=O) groups is 1. The van der Waals surface area contributed by atoms with Crippen LogP contribution in [0.2, 0.25) is 0 Å². The first kappa shape index (κ1) is 22.6. The molecule has 3 N–H and O–H groups in total. The van der Waals surface area contributed by atoms with Crippen LogP contribution in [-0.2, 0) is 33.5 Å². The number of rotatable bonds is 5. The van der Waals surface area contributed by atoms with Crippen molar-refractivity contribution in [2.24, 2.45) is 0 Å². The minimum atomic E-state index is -4.09. The van der Waals surface area contributed by atoms with Gasteiger partial charge in [0.15, 0.2) is 11.5 Å². The van der Waals surface area contributed by atoms with E-state index in [0.29, 0.717) is 5.52 Å². The van der Waals surface area contributed by atoms with Gasteiger partial charge in [-0.1, -0.05) is 0 Å². The van der Waals surface area contributed by atoms with Crippen molar-refractivity contribution in [1.82, 2.24) is 19.7 Å². The number of nitrogen functional groups attached to an aromatic ring is 1. The first-order chi connectivity index (χ1) is 15.0. The Labute approximate surface area is 182 Å². The summed E-state index contributed by atoms with van der Waals surface area (Å²) >= 11 is 0. The van der Waals surface area contributed by atoms with Gasteiger partial charge in [-0.25, -0.2) is 23.5 Å². The van der Waals surface area contributed by atoms with Crippen molar-refractivity contribution in [3.63, 3.8) is 0 Å². The highest BCUT2D eigenvalue weighted by molar-refractivity contribution is 7.51. The van der Waals surface area contributed by atoms with Gasteiger partial charge in [-0.2, -0.15) is 10.4 Å². The lowest BCUT2D eigenvalue weighted by Crippen LogP contribution is -2.51. The lowest BCUT2D eigenvalue weighted by molar-refractivity contribution is -0.146. The van der Waals surface area contributed by atoms with E-state index >= 15 is 4.39 Å². The molecular formula is C18H22FN6O6P. The van der Waals surface area contributed by atoms with Crippen molar-refractivity contribution >= 4 is 25.1 Å². The topological polar surface area (TPSA) is 163 Å². The van der Waals surface area contributed by atoms with Crippen molar-refractivity contribution in [3.8, 4) is 6.07 Å².